The lowest BCUT2D eigenvalue weighted by Crippen LogP contribution is -2.26. The lowest BCUT2D eigenvalue weighted by molar-refractivity contribution is 0.0783. The first-order valence-corrected chi connectivity index (χ1v) is 8.08. The van der Waals surface area contributed by atoms with E-state index >= 15 is 0 Å². The highest BCUT2D eigenvalue weighted by atomic mass is 35.5. The third-order valence-electron chi connectivity index (χ3n) is 3.01. The van der Waals surface area contributed by atoms with Gasteiger partial charge in [-0.1, -0.05) is 24.9 Å². The van der Waals surface area contributed by atoms with Gasteiger partial charge in [-0.05, 0) is 25.5 Å². The third kappa shape index (κ3) is 4.25. The molecule has 0 atom stereocenters. The molecule has 0 fully saturated rings. The molecule has 6 heteroatoms. The molecule has 1 amide bonds. The Morgan fingerprint density at radius 3 is 2.71 bits per heavy atom. The molecule has 2 heterocycles. The number of amides is 1. The molecule has 0 aliphatic carbocycles. The monoisotopic (exact) mass is 323 g/mol. The molecule has 0 saturated carbocycles. The number of thiazole rings is 1. The number of rotatable bonds is 5. The van der Waals surface area contributed by atoms with Gasteiger partial charge >= 0.3 is 0 Å². The van der Waals surface area contributed by atoms with E-state index in [1.165, 1.54) is 0 Å². The maximum atomic E-state index is 12.5. The lowest BCUT2D eigenvalue weighted by atomic mass is 10.1. The van der Waals surface area contributed by atoms with Crippen molar-refractivity contribution in [2.75, 3.05) is 7.05 Å². The molecule has 2 aromatic heterocycles. The average molecular weight is 324 g/mol. The van der Waals surface area contributed by atoms with Crippen molar-refractivity contribution in [2.24, 2.45) is 0 Å². The number of aromatic nitrogens is 2. The van der Waals surface area contributed by atoms with Crippen molar-refractivity contribution in [1.29, 1.82) is 0 Å². The summed E-state index contributed by atoms with van der Waals surface area (Å²) >= 11 is 7.59. The van der Waals surface area contributed by atoms with Crippen molar-refractivity contribution in [3.05, 3.63) is 44.6 Å². The molecule has 2 rings (SSSR count). The van der Waals surface area contributed by atoms with Crippen molar-refractivity contribution in [2.45, 2.75) is 33.2 Å². The zero-order valence-electron chi connectivity index (χ0n) is 12.4. The fourth-order valence-corrected chi connectivity index (χ4v) is 2.90. The summed E-state index contributed by atoms with van der Waals surface area (Å²) in [5, 5.41) is 3.34. The Morgan fingerprint density at radius 1 is 1.33 bits per heavy atom. The van der Waals surface area contributed by atoms with Crippen molar-refractivity contribution >= 4 is 28.8 Å². The van der Waals surface area contributed by atoms with Crippen LogP contribution in [0.2, 0.25) is 5.15 Å². The Balaban J connectivity index is 2.14. The molecule has 21 heavy (non-hydrogen) atoms. The zero-order chi connectivity index (χ0) is 15.4. The van der Waals surface area contributed by atoms with Gasteiger partial charge in [-0.25, -0.2) is 9.97 Å². The maximum Gasteiger partial charge on any atom is 0.254 e. The highest BCUT2D eigenvalue weighted by Crippen LogP contribution is 2.16. The largest absolute Gasteiger partial charge is 0.336 e. The van der Waals surface area contributed by atoms with E-state index in [1.807, 2.05) is 18.4 Å². The minimum absolute atomic E-state index is 0.0673. The molecule has 0 saturated heterocycles. The van der Waals surface area contributed by atoms with Gasteiger partial charge in [-0.15, -0.1) is 11.3 Å². The summed E-state index contributed by atoms with van der Waals surface area (Å²) in [6, 6.07) is 3.44. The van der Waals surface area contributed by atoms with E-state index in [-0.39, 0.29) is 5.91 Å². The molecule has 0 unspecified atom stereocenters. The number of carbonyl (C=O) groups excluding carboxylic acids is 1. The highest BCUT2D eigenvalue weighted by Gasteiger charge is 2.15. The van der Waals surface area contributed by atoms with Crippen LogP contribution in [0.15, 0.2) is 17.5 Å². The Labute approximate surface area is 133 Å². The van der Waals surface area contributed by atoms with Gasteiger partial charge < -0.3 is 4.90 Å². The van der Waals surface area contributed by atoms with Crippen molar-refractivity contribution in [3.63, 3.8) is 0 Å². The van der Waals surface area contributed by atoms with Gasteiger partial charge in [0, 0.05) is 23.7 Å². The fourth-order valence-electron chi connectivity index (χ4n) is 2.07. The van der Waals surface area contributed by atoms with Gasteiger partial charge in [-0.2, -0.15) is 0 Å². The minimum Gasteiger partial charge on any atom is -0.336 e. The summed E-state index contributed by atoms with van der Waals surface area (Å²) in [6.07, 6.45) is 1.78. The molecular weight excluding hydrogens is 306 g/mol. The second kappa shape index (κ2) is 7.00. The first kappa shape index (κ1) is 15.9. The maximum absolute atomic E-state index is 12.5. The second-order valence-corrected chi connectivity index (χ2v) is 6.39. The van der Waals surface area contributed by atoms with Crippen LogP contribution in [0.5, 0.6) is 0 Å². The topological polar surface area (TPSA) is 46.1 Å². The molecule has 0 spiro atoms. The molecule has 0 N–H and O–H groups in total. The number of hydrogen-bond acceptors (Lipinski definition) is 4. The number of nitrogens with zero attached hydrogens (tertiary/aromatic N) is 3. The predicted octanol–water partition coefficient (Wildman–Crippen LogP) is 3.72. The van der Waals surface area contributed by atoms with E-state index in [0.29, 0.717) is 17.3 Å². The predicted molar refractivity (Wildman–Crippen MR) is 85.9 cm³/mol. The molecule has 0 aliphatic rings. The van der Waals surface area contributed by atoms with Crippen LogP contribution in [0.25, 0.3) is 0 Å². The van der Waals surface area contributed by atoms with E-state index in [1.54, 1.807) is 29.4 Å². The molecule has 0 bridgehead atoms. The fraction of sp³-hybridized carbons (Fsp3) is 0.400. The molecule has 0 radical (unpaired) electrons. The first-order valence-electron chi connectivity index (χ1n) is 6.82. The number of carbonyl (C=O) groups is 1. The first-order chi connectivity index (χ1) is 9.99. The summed E-state index contributed by atoms with van der Waals surface area (Å²) in [4.78, 5) is 22.7. The third-order valence-corrected chi connectivity index (χ3v) is 4.03. The van der Waals surface area contributed by atoms with Gasteiger partial charge in [0.25, 0.3) is 5.91 Å². The summed E-state index contributed by atoms with van der Waals surface area (Å²) in [7, 11) is 1.77. The number of pyridine rings is 1. The van der Waals surface area contributed by atoms with Crippen LogP contribution in [0.4, 0.5) is 0 Å². The number of aryl methyl sites for hydroxylation is 2. The van der Waals surface area contributed by atoms with E-state index in [4.69, 9.17) is 11.6 Å². The molecule has 0 aromatic carbocycles. The quantitative estimate of drug-likeness (QED) is 0.788. The number of halogens is 1. The highest BCUT2D eigenvalue weighted by molar-refractivity contribution is 7.09. The van der Waals surface area contributed by atoms with E-state index in [2.05, 4.69) is 16.9 Å². The molecule has 2 aromatic rings. The minimum atomic E-state index is -0.0673. The van der Waals surface area contributed by atoms with Crippen LogP contribution in [-0.2, 0) is 13.0 Å². The van der Waals surface area contributed by atoms with Gasteiger partial charge in [0.1, 0.15) is 5.15 Å². The van der Waals surface area contributed by atoms with Gasteiger partial charge in [-0.3, -0.25) is 4.79 Å². The number of hydrogen-bond donors (Lipinski definition) is 0. The zero-order valence-corrected chi connectivity index (χ0v) is 14.0. The molecular formula is C15H18ClN3OS. The Kier molecular flexibility index (Phi) is 5.31. The lowest BCUT2D eigenvalue weighted by Gasteiger charge is -2.16. The summed E-state index contributed by atoms with van der Waals surface area (Å²) in [5.74, 6) is -0.0673. The van der Waals surface area contributed by atoms with Gasteiger partial charge in [0.15, 0.2) is 0 Å². The van der Waals surface area contributed by atoms with Gasteiger partial charge in [0.2, 0.25) is 0 Å². The Morgan fingerprint density at radius 2 is 2.10 bits per heavy atom. The summed E-state index contributed by atoms with van der Waals surface area (Å²) in [5.41, 5.74) is 2.33. The van der Waals surface area contributed by atoms with Crippen molar-refractivity contribution < 1.29 is 4.79 Å². The van der Waals surface area contributed by atoms with Crippen LogP contribution in [-0.4, -0.2) is 27.8 Å². The smallest absolute Gasteiger partial charge is 0.254 e. The van der Waals surface area contributed by atoms with Crippen LogP contribution in [0.1, 0.15) is 40.1 Å². The standard InChI is InChI=1S/C15H18ClN3OS/c1-4-5-12-6-11(7-14(16)18-12)15(20)19(3)8-13-9-21-10(2)17-13/h6-7,9H,4-5,8H2,1-3H3. The van der Waals surface area contributed by atoms with Gasteiger partial charge in [0.05, 0.1) is 17.2 Å². The van der Waals surface area contributed by atoms with E-state index < -0.39 is 0 Å². The Bertz CT molecular complexity index is 642. The van der Waals surface area contributed by atoms with E-state index in [0.717, 1.165) is 29.2 Å². The van der Waals surface area contributed by atoms with Crippen LogP contribution in [0, 0.1) is 6.92 Å². The second-order valence-electron chi connectivity index (χ2n) is 4.94. The van der Waals surface area contributed by atoms with Crippen LogP contribution in [0.3, 0.4) is 0 Å². The molecule has 0 aliphatic heterocycles. The normalized spacial score (nSPS) is 10.7. The summed E-state index contributed by atoms with van der Waals surface area (Å²) < 4.78 is 0. The summed E-state index contributed by atoms with van der Waals surface area (Å²) in [6.45, 7) is 4.52. The SMILES string of the molecule is CCCc1cc(C(=O)N(C)Cc2csc(C)n2)cc(Cl)n1. The van der Waals surface area contributed by atoms with Crippen LogP contribution >= 0.6 is 22.9 Å². The van der Waals surface area contributed by atoms with Crippen LogP contribution < -0.4 is 0 Å². The molecule has 112 valence electrons. The Hall–Kier alpha value is -1.46. The van der Waals surface area contributed by atoms with E-state index in [9.17, 15) is 4.79 Å². The van der Waals surface area contributed by atoms with Crippen molar-refractivity contribution in [3.8, 4) is 0 Å². The average Bonchev–Trinajstić information content (AvgIpc) is 2.83. The molecule has 4 nitrogen and oxygen atoms in total. The van der Waals surface area contributed by atoms with Crippen molar-refractivity contribution in [1.82, 2.24) is 14.9 Å².